The van der Waals surface area contributed by atoms with Gasteiger partial charge in [-0.2, -0.15) is 0 Å². The number of hydrogen-bond donors (Lipinski definition) is 1. The molecule has 2 N–H and O–H groups in total. The summed E-state index contributed by atoms with van der Waals surface area (Å²) in [4.78, 5) is 4.66. The standard InChI is InChI=1S/C16H16BrN3O/c1-9-8-11(4-6-13(9)21-3)15-16(18)20-10(2)12(17)5-7-14(20)19-15/h4-8H,18H2,1-3H3. The van der Waals surface area contributed by atoms with E-state index in [1.165, 1.54) is 0 Å². The zero-order chi connectivity index (χ0) is 15.1. The molecule has 0 aliphatic heterocycles. The van der Waals surface area contributed by atoms with Crippen molar-refractivity contribution in [3.05, 3.63) is 46.1 Å². The molecule has 0 aliphatic carbocycles. The maximum Gasteiger partial charge on any atom is 0.139 e. The van der Waals surface area contributed by atoms with Gasteiger partial charge in [-0.1, -0.05) is 0 Å². The van der Waals surface area contributed by atoms with Crippen LogP contribution in [0.1, 0.15) is 11.3 Å². The van der Waals surface area contributed by atoms with Gasteiger partial charge in [0.2, 0.25) is 0 Å². The Kier molecular flexibility index (Phi) is 3.37. The number of rotatable bonds is 2. The maximum absolute atomic E-state index is 6.31. The molecule has 2 aromatic heterocycles. The van der Waals surface area contributed by atoms with Crippen LogP contribution >= 0.6 is 15.9 Å². The van der Waals surface area contributed by atoms with Crippen molar-refractivity contribution < 1.29 is 4.74 Å². The first-order valence-electron chi connectivity index (χ1n) is 6.61. The fraction of sp³-hybridized carbons (Fsp3) is 0.188. The minimum absolute atomic E-state index is 0.647. The van der Waals surface area contributed by atoms with Crippen molar-refractivity contribution in [2.24, 2.45) is 0 Å². The number of nitrogen functional groups attached to an aromatic ring is 1. The number of hydrogen-bond acceptors (Lipinski definition) is 3. The van der Waals surface area contributed by atoms with E-state index in [1.807, 2.05) is 48.6 Å². The van der Waals surface area contributed by atoms with Gasteiger partial charge in [0, 0.05) is 15.7 Å². The highest BCUT2D eigenvalue weighted by molar-refractivity contribution is 9.10. The van der Waals surface area contributed by atoms with Crippen LogP contribution in [0.25, 0.3) is 16.9 Å². The van der Waals surface area contributed by atoms with E-state index in [-0.39, 0.29) is 0 Å². The van der Waals surface area contributed by atoms with Gasteiger partial charge in [-0.25, -0.2) is 4.98 Å². The molecule has 0 unspecified atom stereocenters. The lowest BCUT2D eigenvalue weighted by Gasteiger charge is -2.07. The highest BCUT2D eigenvalue weighted by Gasteiger charge is 2.14. The molecule has 3 rings (SSSR count). The van der Waals surface area contributed by atoms with Crippen LogP contribution in [0.2, 0.25) is 0 Å². The van der Waals surface area contributed by atoms with E-state index < -0.39 is 0 Å². The van der Waals surface area contributed by atoms with E-state index in [9.17, 15) is 0 Å². The van der Waals surface area contributed by atoms with Crippen molar-refractivity contribution in [1.82, 2.24) is 9.38 Å². The quantitative estimate of drug-likeness (QED) is 0.764. The van der Waals surface area contributed by atoms with Gasteiger partial charge in [0.1, 0.15) is 22.9 Å². The number of nitrogens with two attached hydrogens (primary N) is 1. The van der Waals surface area contributed by atoms with Gasteiger partial charge in [0.05, 0.1) is 7.11 Å². The molecule has 0 atom stereocenters. The Morgan fingerprint density at radius 1 is 1.19 bits per heavy atom. The molecular weight excluding hydrogens is 330 g/mol. The lowest BCUT2D eigenvalue weighted by Crippen LogP contribution is -1.98. The number of aryl methyl sites for hydroxylation is 2. The van der Waals surface area contributed by atoms with Crippen molar-refractivity contribution in [3.8, 4) is 17.0 Å². The third-order valence-corrected chi connectivity index (χ3v) is 4.51. The van der Waals surface area contributed by atoms with E-state index >= 15 is 0 Å². The fourth-order valence-electron chi connectivity index (χ4n) is 2.53. The summed E-state index contributed by atoms with van der Waals surface area (Å²) in [6, 6.07) is 9.90. The SMILES string of the molecule is COc1ccc(-c2nc3ccc(Br)c(C)n3c2N)cc1C. The van der Waals surface area contributed by atoms with Crippen LogP contribution in [-0.4, -0.2) is 16.5 Å². The Balaban J connectivity index is 2.24. The topological polar surface area (TPSA) is 52.5 Å². The zero-order valence-electron chi connectivity index (χ0n) is 12.1. The van der Waals surface area contributed by atoms with Gasteiger partial charge in [-0.05, 0) is 65.7 Å². The summed E-state index contributed by atoms with van der Waals surface area (Å²) >= 11 is 3.53. The molecule has 1 aromatic carbocycles. The predicted octanol–water partition coefficient (Wildman–Crippen LogP) is 3.97. The highest BCUT2D eigenvalue weighted by atomic mass is 79.9. The van der Waals surface area contributed by atoms with Gasteiger partial charge >= 0.3 is 0 Å². The number of nitrogens with zero attached hydrogens (tertiary/aromatic N) is 2. The number of imidazole rings is 1. The third kappa shape index (κ3) is 2.17. The molecule has 0 saturated heterocycles. The van der Waals surface area contributed by atoms with Crippen LogP contribution in [-0.2, 0) is 0 Å². The average molecular weight is 346 g/mol. The molecule has 0 spiro atoms. The predicted molar refractivity (Wildman–Crippen MR) is 88.8 cm³/mol. The number of aromatic nitrogens is 2. The summed E-state index contributed by atoms with van der Waals surface area (Å²) in [5.74, 6) is 1.51. The van der Waals surface area contributed by atoms with E-state index in [1.54, 1.807) is 7.11 Å². The Bertz CT molecular complexity index is 839. The Morgan fingerprint density at radius 2 is 1.95 bits per heavy atom. The van der Waals surface area contributed by atoms with Crippen molar-refractivity contribution in [2.75, 3.05) is 12.8 Å². The van der Waals surface area contributed by atoms with E-state index in [4.69, 9.17) is 10.5 Å². The summed E-state index contributed by atoms with van der Waals surface area (Å²) in [5.41, 5.74) is 11.0. The normalized spacial score (nSPS) is 11.0. The molecule has 21 heavy (non-hydrogen) atoms. The van der Waals surface area contributed by atoms with Crippen LogP contribution in [0, 0.1) is 13.8 Å². The van der Waals surface area contributed by atoms with Crippen LogP contribution in [0.3, 0.4) is 0 Å². The molecule has 2 heterocycles. The van der Waals surface area contributed by atoms with Crippen LogP contribution < -0.4 is 10.5 Å². The number of methoxy groups -OCH3 is 1. The van der Waals surface area contributed by atoms with Gasteiger partial charge in [-0.3, -0.25) is 4.40 Å². The first-order chi connectivity index (χ1) is 10.0. The van der Waals surface area contributed by atoms with Crippen molar-refractivity contribution in [1.29, 1.82) is 0 Å². The number of halogens is 1. The Morgan fingerprint density at radius 3 is 2.62 bits per heavy atom. The maximum atomic E-state index is 6.31. The number of benzene rings is 1. The first kappa shape index (κ1) is 13.9. The lowest BCUT2D eigenvalue weighted by atomic mass is 10.1. The number of fused-ring (bicyclic) bond motifs is 1. The molecule has 0 bridgehead atoms. The van der Waals surface area contributed by atoms with Crippen molar-refractivity contribution in [2.45, 2.75) is 13.8 Å². The van der Waals surface area contributed by atoms with Crippen molar-refractivity contribution in [3.63, 3.8) is 0 Å². The largest absolute Gasteiger partial charge is 0.496 e. The molecular formula is C16H16BrN3O. The smallest absolute Gasteiger partial charge is 0.139 e. The fourth-order valence-corrected chi connectivity index (χ4v) is 2.84. The Labute approximate surface area is 131 Å². The lowest BCUT2D eigenvalue weighted by molar-refractivity contribution is 0.412. The Hall–Kier alpha value is -2.01. The van der Waals surface area contributed by atoms with Gasteiger partial charge in [0.25, 0.3) is 0 Å². The monoisotopic (exact) mass is 345 g/mol. The highest BCUT2D eigenvalue weighted by Crippen LogP contribution is 2.32. The molecule has 108 valence electrons. The van der Waals surface area contributed by atoms with Gasteiger partial charge in [0.15, 0.2) is 0 Å². The molecule has 3 aromatic rings. The second-order valence-corrected chi connectivity index (χ2v) is 5.84. The second kappa shape index (κ2) is 5.07. The summed E-state index contributed by atoms with van der Waals surface area (Å²) < 4.78 is 8.26. The molecule has 0 fully saturated rings. The van der Waals surface area contributed by atoms with Crippen molar-refractivity contribution >= 4 is 27.4 Å². The minimum atomic E-state index is 0.647. The van der Waals surface area contributed by atoms with Crippen LogP contribution in [0.15, 0.2) is 34.8 Å². The molecule has 4 nitrogen and oxygen atoms in total. The van der Waals surface area contributed by atoms with Crippen LogP contribution in [0.5, 0.6) is 5.75 Å². The first-order valence-corrected chi connectivity index (χ1v) is 7.40. The second-order valence-electron chi connectivity index (χ2n) is 4.99. The summed E-state index contributed by atoms with van der Waals surface area (Å²) in [6.45, 7) is 4.02. The van der Waals surface area contributed by atoms with E-state index in [2.05, 4.69) is 20.9 Å². The summed E-state index contributed by atoms with van der Waals surface area (Å²) in [5, 5.41) is 0. The molecule has 0 amide bonds. The van der Waals surface area contributed by atoms with E-state index in [0.717, 1.165) is 38.4 Å². The zero-order valence-corrected chi connectivity index (χ0v) is 13.7. The number of anilines is 1. The summed E-state index contributed by atoms with van der Waals surface area (Å²) in [6.07, 6.45) is 0. The summed E-state index contributed by atoms with van der Waals surface area (Å²) in [7, 11) is 1.67. The molecule has 0 radical (unpaired) electrons. The van der Waals surface area contributed by atoms with Crippen LogP contribution in [0.4, 0.5) is 5.82 Å². The molecule has 0 aliphatic rings. The molecule has 0 saturated carbocycles. The minimum Gasteiger partial charge on any atom is -0.496 e. The average Bonchev–Trinajstić information content (AvgIpc) is 2.80. The third-order valence-electron chi connectivity index (χ3n) is 3.67. The van der Waals surface area contributed by atoms with E-state index in [0.29, 0.717) is 5.82 Å². The van der Waals surface area contributed by atoms with Gasteiger partial charge in [-0.15, -0.1) is 0 Å². The molecule has 5 heteroatoms. The van der Waals surface area contributed by atoms with Gasteiger partial charge < -0.3 is 10.5 Å². The number of pyridine rings is 1. The number of ether oxygens (including phenoxy) is 1.